The normalized spacial score (nSPS) is 18.0. The second kappa shape index (κ2) is 26.7. The first-order valence-electron chi connectivity index (χ1n) is 23.4. The van der Waals surface area contributed by atoms with Gasteiger partial charge in [-0.15, -0.1) is 0 Å². The van der Waals surface area contributed by atoms with E-state index in [1.807, 2.05) is 63.7 Å². The van der Waals surface area contributed by atoms with Crippen LogP contribution in [-0.2, 0) is 35.1 Å². The summed E-state index contributed by atoms with van der Waals surface area (Å²) in [6.07, 6.45) is 7.18. The average molecular weight is 970 g/mol. The highest BCUT2D eigenvalue weighted by atomic mass is 32.2. The predicted octanol–water partition coefficient (Wildman–Crippen LogP) is -0.457. The van der Waals surface area contributed by atoms with Gasteiger partial charge in [0.2, 0.25) is 29.5 Å². The van der Waals surface area contributed by atoms with Gasteiger partial charge in [-0.2, -0.15) is 11.8 Å². The maximum Gasteiger partial charge on any atom is 0.315 e. The Labute approximate surface area is 402 Å². The van der Waals surface area contributed by atoms with Gasteiger partial charge in [-0.25, -0.2) is 4.79 Å². The van der Waals surface area contributed by atoms with Crippen molar-refractivity contribution in [2.75, 3.05) is 38.5 Å². The molecule has 68 heavy (non-hydrogen) atoms. The summed E-state index contributed by atoms with van der Waals surface area (Å²) in [6, 6.07) is 4.82. The highest BCUT2D eigenvalue weighted by Crippen LogP contribution is 2.33. The van der Waals surface area contributed by atoms with Gasteiger partial charge in [-0.1, -0.05) is 24.6 Å². The summed E-state index contributed by atoms with van der Waals surface area (Å²) < 4.78 is 6.25. The molecule has 2 saturated heterocycles. The zero-order valence-corrected chi connectivity index (χ0v) is 40.7. The molecule has 0 unspecified atom stereocenters. The molecule has 3 heterocycles. The Morgan fingerprint density at radius 3 is 2.26 bits per heavy atom. The van der Waals surface area contributed by atoms with Gasteiger partial charge in [0.15, 0.2) is 11.9 Å². The first-order valence-corrected chi connectivity index (χ1v) is 24.5. The second-order valence-corrected chi connectivity index (χ2v) is 19.9. The highest BCUT2D eigenvalue weighted by Gasteiger charge is 2.42. The second-order valence-electron chi connectivity index (χ2n) is 18.7. The maximum atomic E-state index is 14.1. The lowest BCUT2D eigenvalue weighted by atomic mass is 9.98. The Balaban J connectivity index is 1.27. The van der Waals surface area contributed by atoms with Crippen LogP contribution in [0.25, 0.3) is 10.9 Å². The molecule has 2 aromatic rings. The Hall–Kier alpha value is -5.81. The SMILES string of the molecule is CC(C)(CCOC(C)(C)CCNC(=O)CCCC[C@@H]1SC[C@@H]2NC(=O)N[C@@H]21)NC(=O)[C@H](Cc1c[nH]c2ccccc12)NC(=O)CNC(=O)[C@H](CCCN=C(N)N)NC(=O)[C@@H](N)CCCN=C(N)N. The number of carbonyl (C=O) groups excluding carboxylic acids is 6. The molecule has 0 saturated carbocycles. The summed E-state index contributed by atoms with van der Waals surface area (Å²) in [5.74, 6) is -1.57. The number of nitrogens with two attached hydrogens (primary N) is 5. The van der Waals surface area contributed by atoms with Crippen molar-refractivity contribution in [3.63, 3.8) is 0 Å². The van der Waals surface area contributed by atoms with E-state index in [1.54, 1.807) is 6.20 Å². The van der Waals surface area contributed by atoms with Gasteiger partial charge < -0.3 is 75.6 Å². The van der Waals surface area contributed by atoms with Crippen molar-refractivity contribution in [3.8, 4) is 0 Å². The quantitative estimate of drug-likeness (QED) is 0.0204. The van der Waals surface area contributed by atoms with E-state index in [1.165, 1.54) is 0 Å². The van der Waals surface area contributed by atoms with Crippen LogP contribution in [0, 0.1) is 0 Å². The molecule has 0 radical (unpaired) electrons. The zero-order valence-electron chi connectivity index (χ0n) is 39.9. The number of fused-ring (bicyclic) bond motifs is 2. The molecule has 7 amide bonds. The van der Waals surface area contributed by atoms with E-state index in [4.69, 9.17) is 33.4 Å². The van der Waals surface area contributed by atoms with Gasteiger partial charge in [-0.3, -0.25) is 34.0 Å². The van der Waals surface area contributed by atoms with Crippen LogP contribution in [0.1, 0.15) is 97.5 Å². The van der Waals surface area contributed by atoms with Crippen LogP contribution in [0.15, 0.2) is 40.4 Å². The largest absolute Gasteiger partial charge is 0.375 e. The van der Waals surface area contributed by atoms with E-state index in [0.29, 0.717) is 50.5 Å². The zero-order chi connectivity index (χ0) is 49.9. The lowest BCUT2D eigenvalue weighted by Gasteiger charge is -2.32. The van der Waals surface area contributed by atoms with E-state index in [0.717, 1.165) is 41.5 Å². The number of urea groups is 1. The third-order valence-electron chi connectivity index (χ3n) is 11.9. The van der Waals surface area contributed by atoms with Gasteiger partial charge in [0.1, 0.15) is 12.1 Å². The minimum absolute atomic E-state index is 0.00694. The van der Waals surface area contributed by atoms with Crippen LogP contribution in [0.5, 0.6) is 0 Å². The Morgan fingerprint density at radius 2 is 1.54 bits per heavy atom. The summed E-state index contributed by atoms with van der Waals surface area (Å²) in [5, 5.41) is 21.4. The van der Waals surface area contributed by atoms with E-state index in [-0.39, 0.29) is 68.3 Å². The predicted molar refractivity (Wildman–Crippen MR) is 265 cm³/mol. The molecule has 0 bridgehead atoms. The van der Waals surface area contributed by atoms with Gasteiger partial charge >= 0.3 is 6.03 Å². The topological polar surface area (TPSA) is 366 Å². The molecule has 2 aliphatic heterocycles. The van der Waals surface area contributed by atoms with Gasteiger partial charge in [0.05, 0.1) is 30.3 Å². The third kappa shape index (κ3) is 19.1. The van der Waals surface area contributed by atoms with Crippen molar-refractivity contribution in [3.05, 3.63) is 36.0 Å². The summed E-state index contributed by atoms with van der Waals surface area (Å²) >= 11 is 1.87. The van der Waals surface area contributed by atoms with Crippen molar-refractivity contribution in [2.45, 2.75) is 145 Å². The number of nitrogens with zero attached hydrogens (tertiary/aromatic N) is 2. The molecule has 2 aliphatic rings. The molecular formula is C45H75N15O7S. The molecule has 0 aliphatic carbocycles. The molecule has 22 nitrogen and oxygen atoms in total. The van der Waals surface area contributed by atoms with E-state index >= 15 is 0 Å². The first kappa shape index (κ1) is 54.8. The fourth-order valence-corrected chi connectivity index (χ4v) is 9.51. The molecule has 4 rings (SSSR count). The van der Waals surface area contributed by atoms with E-state index in [2.05, 4.69) is 52.2 Å². The summed E-state index contributed by atoms with van der Waals surface area (Å²) in [6.45, 7) is 8.39. The number of thioether (sulfide) groups is 1. The minimum Gasteiger partial charge on any atom is -0.375 e. The molecule has 1 aromatic heterocycles. The number of rotatable bonds is 30. The van der Waals surface area contributed by atoms with Crippen molar-refractivity contribution >= 4 is 70.2 Å². The number of carbonyl (C=O) groups is 6. The molecule has 2 fully saturated rings. The number of guanidine groups is 2. The number of para-hydroxylation sites is 1. The van der Waals surface area contributed by atoms with Crippen LogP contribution in [0.4, 0.5) is 4.79 Å². The number of ether oxygens (including phenoxy) is 1. The van der Waals surface area contributed by atoms with E-state index < -0.39 is 59.4 Å². The summed E-state index contributed by atoms with van der Waals surface area (Å²) in [5.41, 5.74) is 28.1. The number of amides is 7. The molecule has 0 spiro atoms. The van der Waals surface area contributed by atoms with Crippen LogP contribution >= 0.6 is 11.8 Å². The smallest absolute Gasteiger partial charge is 0.315 e. The van der Waals surface area contributed by atoms with Crippen LogP contribution < -0.4 is 65.9 Å². The standard InChI is InChI=1S/C45H75N15O7S/c1-44(2,18-22-67-45(3,4)17-21-51-35(61)16-8-7-15-34-37-33(26-68-34)58-43(66)59-37)60-40(65)32(23-27-24-54-30-13-6-5-11-28(27)30)56-36(62)25-55-39(64)31(14-10-20-53-42(49)50)57-38(63)29(46)12-9-19-52-41(47)48/h5-6,11,13,24,29,31-34,37,54H,7-10,12,14-23,25-26,46H2,1-4H3,(H,51,61)(H,55,64)(H,56,62)(H,57,63)(H,60,65)(H4,47,48,52)(H4,49,50,53)(H2,58,59,66)/t29-,31-,32-,33-,34-,37-/m0/s1. The van der Waals surface area contributed by atoms with E-state index in [9.17, 15) is 28.8 Å². The minimum atomic E-state index is -1.07. The maximum absolute atomic E-state index is 14.1. The number of unbranched alkanes of at least 4 members (excludes halogenated alkanes) is 1. The number of aliphatic imine (C=N–C) groups is 2. The third-order valence-corrected chi connectivity index (χ3v) is 13.4. The highest BCUT2D eigenvalue weighted by molar-refractivity contribution is 8.00. The number of hydrogen-bond donors (Lipinski definition) is 13. The molecule has 23 heteroatoms. The van der Waals surface area contributed by atoms with Crippen molar-refractivity contribution < 1.29 is 33.5 Å². The molecular weight excluding hydrogens is 895 g/mol. The van der Waals surface area contributed by atoms with Gasteiger partial charge in [-0.05, 0) is 90.7 Å². The molecule has 1 aromatic carbocycles. The monoisotopic (exact) mass is 970 g/mol. The molecule has 18 N–H and O–H groups in total. The number of nitrogens with one attached hydrogen (secondary N) is 8. The number of benzene rings is 1. The number of hydrogen-bond acceptors (Lipinski definition) is 11. The van der Waals surface area contributed by atoms with Crippen molar-refractivity contribution in [2.24, 2.45) is 38.7 Å². The molecule has 378 valence electrons. The fourth-order valence-electron chi connectivity index (χ4n) is 7.97. The Morgan fingerprint density at radius 1 is 0.838 bits per heavy atom. The lowest BCUT2D eigenvalue weighted by Crippen LogP contribution is -2.56. The van der Waals surface area contributed by atoms with Crippen molar-refractivity contribution in [1.29, 1.82) is 0 Å². The van der Waals surface area contributed by atoms with Crippen LogP contribution in [-0.4, -0.2) is 138 Å². The summed E-state index contributed by atoms with van der Waals surface area (Å²) in [4.78, 5) is 89.3. The van der Waals surface area contributed by atoms with Crippen LogP contribution in [0.3, 0.4) is 0 Å². The Kier molecular flexibility index (Phi) is 21.5. The van der Waals surface area contributed by atoms with Gasteiger partial charge in [0.25, 0.3) is 0 Å². The van der Waals surface area contributed by atoms with Crippen LogP contribution in [0.2, 0.25) is 0 Å². The number of aromatic nitrogens is 1. The molecule has 6 atom stereocenters. The number of aromatic amines is 1. The lowest BCUT2D eigenvalue weighted by molar-refractivity contribution is -0.132. The van der Waals surface area contributed by atoms with Crippen molar-refractivity contribution in [1.82, 2.24) is 42.2 Å². The fraction of sp³-hybridized carbons (Fsp3) is 0.644. The average Bonchev–Trinajstić information content (AvgIpc) is 3.97. The Bertz CT molecular complexity index is 2070. The van der Waals surface area contributed by atoms with Gasteiger partial charge in [0, 0.05) is 72.7 Å². The summed E-state index contributed by atoms with van der Waals surface area (Å²) in [7, 11) is 0. The number of H-pyrrole nitrogens is 1. The first-order chi connectivity index (χ1) is 32.2.